The maximum absolute atomic E-state index is 12.0. The summed E-state index contributed by atoms with van der Waals surface area (Å²) >= 11 is 0. The number of pyridine rings is 1. The number of carbonyl (C=O) groups excluding carboxylic acids is 1. The topological polar surface area (TPSA) is 111 Å². The van der Waals surface area contributed by atoms with Crippen LogP contribution < -0.4 is 11.1 Å². The number of rotatable bonds is 3. The molecule has 102 valence electrons. The molecule has 1 aromatic heterocycles. The number of aryl methyl sites for hydroxylation is 1. The van der Waals surface area contributed by atoms with Gasteiger partial charge in [0.25, 0.3) is 11.6 Å². The molecule has 1 aromatic carbocycles. The molecule has 0 aliphatic rings. The van der Waals surface area contributed by atoms with Gasteiger partial charge in [-0.05, 0) is 31.2 Å². The van der Waals surface area contributed by atoms with Crippen LogP contribution in [-0.2, 0) is 0 Å². The molecule has 0 unspecified atom stereocenters. The molecule has 1 heterocycles. The van der Waals surface area contributed by atoms with Gasteiger partial charge in [-0.3, -0.25) is 14.9 Å². The maximum Gasteiger partial charge on any atom is 0.272 e. The van der Waals surface area contributed by atoms with Crippen molar-refractivity contribution < 1.29 is 9.72 Å². The SMILES string of the molecule is Cc1cc(C(=O)Nc2ccc(N)nc2)ccc1[N+](=O)[O-]. The van der Waals surface area contributed by atoms with Gasteiger partial charge in [-0.15, -0.1) is 0 Å². The van der Waals surface area contributed by atoms with Crippen LogP contribution in [0.25, 0.3) is 0 Å². The molecule has 2 aromatic rings. The Kier molecular flexibility index (Phi) is 3.60. The highest BCUT2D eigenvalue weighted by atomic mass is 16.6. The third-order valence-electron chi connectivity index (χ3n) is 2.70. The minimum Gasteiger partial charge on any atom is -0.384 e. The fourth-order valence-corrected chi connectivity index (χ4v) is 1.68. The van der Waals surface area contributed by atoms with Crippen LogP contribution in [-0.4, -0.2) is 15.8 Å². The average molecular weight is 272 g/mol. The van der Waals surface area contributed by atoms with Gasteiger partial charge in [0.1, 0.15) is 5.82 Å². The van der Waals surface area contributed by atoms with E-state index in [1.807, 2.05) is 0 Å². The summed E-state index contributed by atoms with van der Waals surface area (Å²) in [7, 11) is 0. The third kappa shape index (κ3) is 2.89. The van der Waals surface area contributed by atoms with Crippen LogP contribution >= 0.6 is 0 Å². The van der Waals surface area contributed by atoms with E-state index in [1.54, 1.807) is 19.1 Å². The normalized spacial score (nSPS) is 10.1. The molecule has 0 fully saturated rings. The Morgan fingerprint density at radius 3 is 2.65 bits per heavy atom. The highest BCUT2D eigenvalue weighted by Crippen LogP contribution is 2.19. The lowest BCUT2D eigenvalue weighted by Gasteiger charge is -2.06. The number of amides is 1. The molecule has 0 bridgehead atoms. The molecule has 0 saturated carbocycles. The summed E-state index contributed by atoms with van der Waals surface area (Å²) in [5.74, 6) is -0.0104. The minimum atomic E-state index is -0.485. The van der Waals surface area contributed by atoms with Crippen LogP contribution in [0.3, 0.4) is 0 Å². The van der Waals surface area contributed by atoms with Crippen LogP contribution in [0.1, 0.15) is 15.9 Å². The number of benzene rings is 1. The maximum atomic E-state index is 12.0. The molecular formula is C13H12N4O3. The predicted molar refractivity (Wildman–Crippen MR) is 74.4 cm³/mol. The summed E-state index contributed by atoms with van der Waals surface area (Å²) in [6, 6.07) is 7.38. The van der Waals surface area contributed by atoms with Crippen molar-refractivity contribution in [3.8, 4) is 0 Å². The van der Waals surface area contributed by atoms with Crippen molar-refractivity contribution in [1.82, 2.24) is 4.98 Å². The molecule has 0 aliphatic heterocycles. The number of nitrogens with one attached hydrogen (secondary N) is 1. The van der Waals surface area contributed by atoms with Crippen LogP contribution in [0.5, 0.6) is 0 Å². The second kappa shape index (κ2) is 5.35. The molecule has 7 nitrogen and oxygen atoms in total. The highest BCUT2D eigenvalue weighted by molar-refractivity contribution is 6.04. The Morgan fingerprint density at radius 1 is 1.35 bits per heavy atom. The van der Waals surface area contributed by atoms with Gasteiger partial charge < -0.3 is 11.1 Å². The number of hydrogen-bond donors (Lipinski definition) is 2. The summed E-state index contributed by atoms with van der Waals surface area (Å²) in [5.41, 5.74) is 6.69. The number of nitrogens with two attached hydrogens (primary N) is 1. The van der Waals surface area contributed by atoms with Gasteiger partial charge in [0.15, 0.2) is 0 Å². The van der Waals surface area contributed by atoms with E-state index in [0.29, 0.717) is 22.6 Å². The van der Waals surface area contributed by atoms with E-state index in [-0.39, 0.29) is 11.6 Å². The van der Waals surface area contributed by atoms with Crippen molar-refractivity contribution in [3.63, 3.8) is 0 Å². The van der Waals surface area contributed by atoms with Crippen LogP contribution in [0, 0.1) is 17.0 Å². The number of aromatic nitrogens is 1. The van der Waals surface area contributed by atoms with Crippen molar-refractivity contribution >= 4 is 23.1 Å². The first-order valence-corrected chi connectivity index (χ1v) is 5.75. The minimum absolute atomic E-state index is 0.0179. The van der Waals surface area contributed by atoms with Crippen LogP contribution in [0.2, 0.25) is 0 Å². The van der Waals surface area contributed by atoms with Crippen LogP contribution in [0.4, 0.5) is 17.2 Å². The predicted octanol–water partition coefficient (Wildman–Crippen LogP) is 2.13. The van der Waals surface area contributed by atoms with Crippen LogP contribution in [0.15, 0.2) is 36.5 Å². The number of hydrogen-bond acceptors (Lipinski definition) is 5. The summed E-state index contributed by atoms with van der Waals surface area (Å²) in [4.78, 5) is 26.1. The molecule has 20 heavy (non-hydrogen) atoms. The summed E-state index contributed by atoms with van der Waals surface area (Å²) in [5, 5.41) is 13.3. The number of carbonyl (C=O) groups is 1. The third-order valence-corrected chi connectivity index (χ3v) is 2.70. The lowest BCUT2D eigenvalue weighted by molar-refractivity contribution is -0.385. The van der Waals surface area contributed by atoms with Gasteiger partial charge in [0, 0.05) is 17.2 Å². The van der Waals surface area contributed by atoms with E-state index in [4.69, 9.17) is 5.73 Å². The van der Waals surface area contributed by atoms with E-state index in [1.165, 1.54) is 24.4 Å². The van der Waals surface area contributed by atoms with Crippen molar-refractivity contribution in [3.05, 3.63) is 57.8 Å². The van der Waals surface area contributed by atoms with Gasteiger partial charge in [0.2, 0.25) is 0 Å². The van der Waals surface area contributed by atoms with Gasteiger partial charge in [-0.1, -0.05) is 0 Å². The number of nitrogens with zero attached hydrogens (tertiary/aromatic N) is 2. The standard InChI is InChI=1S/C13H12N4O3/c1-8-6-9(2-4-11(8)17(19)20)13(18)16-10-3-5-12(14)15-7-10/h2-7H,1H3,(H2,14,15)(H,16,18). The Hall–Kier alpha value is -2.96. The van der Waals surface area contributed by atoms with Crippen molar-refractivity contribution in [2.45, 2.75) is 6.92 Å². The summed E-state index contributed by atoms with van der Waals surface area (Å²) in [6.07, 6.45) is 1.44. The van der Waals surface area contributed by atoms with Gasteiger partial charge >= 0.3 is 0 Å². The molecule has 0 aliphatic carbocycles. The van der Waals surface area contributed by atoms with Gasteiger partial charge in [-0.25, -0.2) is 4.98 Å². The molecule has 0 saturated heterocycles. The molecule has 3 N–H and O–H groups in total. The molecule has 0 spiro atoms. The monoisotopic (exact) mass is 272 g/mol. The van der Waals surface area contributed by atoms with E-state index in [2.05, 4.69) is 10.3 Å². The van der Waals surface area contributed by atoms with E-state index in [0.717, 1.165) is 0 Å². The second-order valence-electron chi connectivity index (χ2n) is 4.18. The molecule has 7 heteroatoms. The first-order valence-electron chi connectivity index (χ1n) is 5.75. The largest absolute Gasteiger partial charge is 0.384 e. The number of nitrogen functional groups attached to an aromatic ring is 1. The first kappa shape index (κ1) is 13.5. The molecular weight excluding hydrogens is 260 g/mol. The number of anilines is 2. The lowest BCUT2D eigenvalue weighted by atomic mass is 10.1. The highest BCUT2D eigenvalue weighted by Gasteiger charge is 2.13. The first-order chi connectivity index (χ1) is 9.47. The molecule has 0 atom stereocenters. The van der Waals surface area contributed by atoms with Gasteiger partial charge in [0.05, 0.1) is 16.8 Å². The lowest BCUT2D eigenvalue weighted by Crippen LogP contribution is -2.12. The molecule has 2 rings (SSSR count). The molecule has 1 amide bonds. The zero-order valence-electron chi connectivity index (χ0n) is 10.7. The van der Waals surface area contributed by atoms with E-state index >= 15 is 0 Å². The van der Waals surface area contributed by atoms with Crippen molar-refractivity contribution in [1.29, 1.82) is 0 Å². The zero-order valence-corrected chi connectivity index (χ0v) is 10.7. The number of nitro groups is 1. The number of nitro benzene ring substituents is 1. The van der Waals surface area contributed by atoms with Gasteiger partial charge in [-0.2, -0.15) is 0 Å². The fourth-order valence-electron chi connectivity index (χ4n) is 1.68. The smallest absolute Gasteiger partial charge is 0.272 e. The molecule has 0 radical (unpaired) electrons. The summed E-state index contributed by atoms with van der Waals surface area (Å²) < 4.78 is 0. The Morgan fingerprint density at radius 2 is 2.10 bits per heavy atom. The van der Waals surface area contributed by atoms with E-state index in [9.17, 15) is 14.9 Å². The summed E-state index contributed by atoms with van der Waals surface area (Å²) in [6.45, 7) is 1.58. The quantitative estimate of drug-likeness (QED) is 0.656. The zero-order chi connectivity index (χ0) is 14.7. The Balaban J connectivity index is 2.19. The average Bonchev–Trinajstić information content (AvgIpc) is 2.40. The van der Waals surface area contributed by atoms with E-state index < -0.39 is 4.92 Å². The Bertz CT molecular complexity index is 668. The fraction of sp³-hybridized carbons (Fsp3) is 0.0769. The Labute approximate surface area is 114 Å². The van der Waals surface area contributed by atoms with Crippen molar-refractivity contribution in [2.24, 2.45) is 0 Å². The second-order valence-corrected chi connectivity index (χ2v) is 4.18. The van der Waals surface area contributed by atoms with Crippen molar-refractivity contribution in [2.75, 3.05) is 11.1 Å².